The molecule has 1 nitrogen and oxygen atoms in total. The first kappa shape index (κ1) is 18.4. The molecule has 0 saturated heterocycles. The molecule has 3 rings (SSSR count). The quantitative estimate of drug-likeness (QED) is 0.661. The number of hydrogen-bond acceptors (Lipinski definition) is 1. The summed E-state index contributed by atoms with van der Waals surface area (Å²) in [6.07, 6.45) is 11.3. The van der Waals surface area contributed by atoms with Crippen LogP contribution in [0, 0.1) is 29.6 Å². The summed E-state index contributed by atoms with van der Waals surface area (Å²) in [5, 5.41) is 9.52. The lowest BCUT2D eigenvalue weighted by atomic mass is 9.65. The standard InChI is InChI=1S/C21H34F2O/c1-2-3-14-4-6-15(7-5-14)16-8-10-17(11-9-16)18-12-13-19(24)21(23)20(18)22/h2-3,14-21,24H,4-13H2,1H3/b3-2+. The molecule has 0 aromatic heterocycles. The average Bonchev–Trinajstić information content (AvgIpc) is 2.61. The van der Waals surface area contributed by atoms with Crippen LogP contribution >= 0.6 is 0 Å². The maximum atomic E-state index is 14.3. The predicted octanol–water partition coefficient (Wildman–Crippen LogP) is 5.62. The Kier molecular flexibility index (Phi) is 6.34. The molecule has 3 aliphatic rings. The van der Waals surface area contributed by atoms with Crippen LogP contribution in [0.3, 0.4) is 0 Å². The molecule has 0 bridgehead atoms. The number of halogens is 2. The van der Waals surface area contributed by atoms with Crippen molar-refractivity contribution in [2.45, 2.75) is 89.6 Å². The predicted molar refractivity (Wildman–Crippen MR) is 94.2 cm³/mol. The number of aliphatic hydroxyl groups is 1. The molecule has 3 saturated carbocycles. The molecule has 0 amide bonds. The monoisotopic (exact) mass is 340 g/mol. The fourth-order valence-electron chi connectivity index (χ4n) is 5.75. The Morgan fingerprint density at radius 2 is 1.25 bits per heavy atom. The zero-order chi connectivity index (χ0) is 17.1. The van der Waals surface area contributed by atoms with Crippen LogP contribution in [-0.4, -0.2) is 23.6 Å². The summed E-state index contributed by atoms with van der Waals surface area (Å²) in [6.45, 7) is 2.11. The van der Waals surface area contributed by atoms with Gasteiger partial charge in [0.15, 0.2) is 6.17 Å². The van der Waals surface area contributed by atoms with Crippen molar-refractivity contribution in [1.29, 1.82) is 0 Å². The highest BCUT2D eigenvalue weighted by Gasteiger charge is 2.44. The Bertz CT molecular complexity index is 408. The molecule has 3 aliphatic carbocycles. The number of allylic oxidation sites excluding steroid dienone is 2. The van der Waals surface area contributed by atoms with Crippen LogP contribution < -0.4 is 0 Å². The van der Waals surface area contributed by atoms with Crippen molar-refractivity contribution >= 4 is 0 Å². The number of hydrogen-bond donors (Lipinski definition) is 1. The topological polar surface area (TPSA) is 20.2 Å². The van der Waals surface area contributed by atoms with Gasteiger partial charge in [0.2, 0.25) is 0 Å². The minimum atomic E-state index is -1.66. The van der Waals surface area contributed by atoms with Crippen LogP contribution in [0.5, 0.6) is 0 Å². The van der Waals surface area contributed by atoms with Gasteiger partial charge in [0, 0.05) is 0 Å². The van der Waals surface area contributed by atoms with Crippen molar-refractivity contribution in [2.75, 3.05) is 0 Å². The SMILES string of the molecule is C/C=C/C1CCC(C2CCC(C3CCC(O)C(F)C3F)CC2)CC1. The number of aliphatic hydroxyl groups excluding tert-OH is 1. The van der Waals surface area contributed by atoms with Crippen LogP contribution in [0.1, 0.15) is 71.1 Å². The van der Waals surface area contributed by atoms with E-state index >= 15 is 0 Å². The molecular weight excluding hydrogens is 306 g/mol. The summed E-state index contributed by atoms with van der Waals surface area (Å²) in [5.41, 5.74) is 0. The molecule has 0 radical (unpaired) electrons. The Morgan fingerprint density at radius 3 is 1.83 bits per heavy atom. The molecular formula is C21H34F2O. The van der Waals surface area contributed by atoms with Crippen molar-refractivity contribution < 1.29 is 13.9 Å². The molecule has 1 N–H and O–H groups in total. The first-order valence-corrected chi connectivity index (χ1v) is 10.2. The molecule has 3 heteroatoms. The Labute approximate surface area is 145 Å². The van der Waals surface area contributed by atoms with E-state index in [0.29, 0.717) is 18.8 Å². The van der Waals surface area contributed by atoms with Crippen molar-refractivity contribution in [1.82, 2.24) is 0 Å². The summed E-state index contributed by atoms with van der Waals surface area (Å²) in [4.78, 5) is 0. The van der Waals surface area contributed by atoms with Gasteiger partial charge in [-0.1, -0.05) is 12.2 Å². The van der Waals surface area contributed by atoms with Gasteiger partial charge in [-0.25, -0.2) is 8.78 Å². The smallest absolute Gasteiger partial charge is 0.157 e. The molecule has 138 valence electrons. The minimum Gasteiger partial charge on any atom is -0.390 e. The zero-order valence-electron chi connectivity index (χ0n) is 15.0. The van der Waals surface area contributed by atoms with E-state index in [2.05, 4.69) is 19.1 Å². The summed E-state index contributed by atoms with van der Waals surface area (Å²) in [7, 11) is 0. The van der Waals surface area contributed by atoms with E-state index in [1.165, 1.54) is 38.5 Å². The summed E-state index contributed by atoms with van der Waals surface area (Å²) in [5.74, 6) is 2.62. The summed E-state index contributed by atoms with van der Waals surface area (Å²) < 4.78 is 28.1. The van der Waals surface area contributed by atoms with Gasteiger partial charge >= 0.3 is 0 Å². The maximum absolute atomic E-state index is 14.3. The largest absolute Gasteiger partial charge is 0.390 e. The minimum absolute atomic E-state index is 0.158. The average molecular weight is 340 g/mol. The van der Waals surface area contributed by atoms with E-state index < -0.39 is 18.4 Å². The van der Waals surface area contributed by atoms with Crippen LogP contribution in [0.4, 0.5) is 8.78 Å². The van der Waals surface area contributed by atoms with Crippen LogP contribution in [0.25, 0.3) is 0 Å². The van der Waals surface area contributed by atoms with Crippen molar-refractivity contribution in [3.8, 4) is 0 Å². The lowest BCUT2D eigenvalue weighted by Gasteiger charge is -2.42. The first-order valence-electron chi connectivity index (χ1n) is 10.2. The van der Waals surface area contributed by atoms with E-state index in [-0.39, 0.29) is 5.92 Å². The van der Waals surface area contributed by atoms with Gasteiger partial charge in [-0.3, -0.25) is 0 Å². The van der Waals surface area contributed by atoms with Crippen LogP contribution in [-0.2, 0) is 0 Å². The number of rotatable bonds is 3. The molecule has 4 atom stereocenters. The van der Waals surface area contributed by atoms with Crippen LogP contribution in [0.15, 0.2) is 12.2 Å². The van der Waals surface area contributed by atoms with E-state index in [9.17, 15) is 13.9 Å². The fraction of sp³-hybridized carbons (Fsp3) is 0.905. The van der Waals surface area contributed by atoms with Crippen molar-refractivity contribution in [3.63, 3.8) is 0 Å². The third-order valence-electron chi connectivity index (χ3n) is 7.25. The molecule has 4 unspecified atom stereocenters. The van der Waals surface area contributed by atoms with Gasteiger partial charge in [-0.15, -0.1) is 0 Å². The Hall–Kier alpha value is -0.440. The third kappa shape index (κ3) is 4.03. The summed E-state index contributed by atoms with van der Waals surface area (Å²) in [6, 6.07) is 0. The molecule has 3 fully saturated rings. The van der Waals surface area contributed by atoms with Crippen molar-refractivity contribution in [2.24, 2.45) is 29.6 Å². The van der Waals surface area contributed by atoms with Gasteiger partial charge in [0.1, 0.15) is 6.17 Å². The fourth-order valence-corrected chi connectivity index (χ4v) is 5.75. The van der Waals surface area contributed by atoms with Crippen LogP contribution in [0.2, 0.25) is 0 Å². The second kappa shape index (κ2) is 8.29. The Balaban J connectivity index is 1.46. The maximum Gasteiger partial charge on any atom is 0.157 e. The highest BCUT2D eigenvalue weighted by atomic mass is 19.2. The second-order valence-electron chi connectivity index (χ2n) is 8.57. The highest BCUT2D eigenvalue weighted by Crippen LogP contribution is 2.46. The van der Waals surface area contributed by atoms with Gasteiger partial charge in [-0.05, 0) is 101 Å². The van der Waals surface area contributed by atoms with E-state index in [1.807, 2.05) is 0 Å². The molecule has 0 aromatic rings. The first-order chi connectivity index (χ1) is 11.6. The van der Waals surface area contributed by atoms with Gasteiger partial charge < -0.3 is 5.11 Å². The molecule has 0 heterocycles. The Morgan fingerprint density at radius 1 is 0.708 bits per heavy atom. The highest BCUT2D eigenvalue weighted by molar-refractivity contribution is 4.94. The lowest BCUT2D eigenvalue weighted by Crippen LogP contribution is -2.44. The summed E-state index contributed by atoms with van der Waals surface area (Å²) >= 11 is 0. The normalized spacial score (nSPS) is 47.8. The number of alkyl halides is 2. The van der Waals surface area contributed by atoms with E-state index in [4.69, 9.17) is 0 Å². The third-order valence-corrected chi connectivity index (χ3v) is 7.25. The molecule has 0 aromatic carbocycles. The molecule has 24 heavy (non-hydrogen) atoms. The lowest BCUT2D eigenvalue weighted by molar-refractivity contribution is -0.0561. The van der Waals surface area contributed by atoms with E-state index in [0.717, 1.165) is 30.6 Å². The van der Waals surface area contributed by atoms with E-state index in [1.54, 1.807) is 0 Å². The van der Waals surface area contributed by atoms with Crippen molar-refractivity contribution in [3.05, 3.63) is 12.2 Å². The molecule has 0 spiro atoms. The zero-order valence-corrected chi connectivity index (χ0v) is 15.0. The van der Waals surface area contributed by atoms with Gasteiger partial charge in [-0.2, -0.15) is 0 Å². The molecule has 0 aliphatic heterocycles. The second-order valence-corrected chi connectivity index (χ2v) is 8.57. The van der Waals surface area contributed by atoms with Gasteiger partial charge in [0.05, 0.1) is 6.10 Å². The van der Waals surface area contributed by atoms with Gasteiger partial charge in [0.25, 0.3) is 0 Å².